The van der Waals surface area contributed by atoms with Gasteiger partial charge in [-0.2, -0.15) is 0 Å². The molecule has 0 unspecified atom stereocenters. The molecule has 0 aliphatic carbocycles. The van der Waals surface area contributed by atoms with Gasteiger partial charge in [0.2, 0.25) is 0 Å². The number of hydrogen-bond acceptors (Lipinski definition) is 3. The number of aromatic amines is 1. The Bertz CT molecular complexity index is 654. The van der Waals surface area contributed by atoms with Crippen molar-refractivity contribution in [2.75, 3.05) is 27.2 Å². The molecule has 6 heteroatoms. The van der Waals surface area contributed by atoms with Crippen LogP contribution >= 0.6 is 0 Å². The summed E-state index contributed by atoms with van der Waals surface area (Å²) in [5.41, 5.74) is 0.838. The molecule has 0 aliphatic rings. The standard InChI is InChI=1S/C13H18N4O2/c1-16(2)7-6-15-12(18)10-8-17(3)13(19)11-9(10)4-5-14-11/h4-5,8,14H,6-7H2,1-3H3,(H,15,18). The van der Waals surface area contributed by atoms with Gasteiger partial charge in [-0.15, -0.1) is 0 Å². The van der Waals surface area contributed by atoms with Crippen molar-refractivity contribution in [2.24, 2.45) is 7.05 Å². The number of pyridine rings is 1. The molecule has 2 aromatic heterocycles. The summed E-state index contributed by atoms with van der Waals surface area (Å²) >= 11 is 0. The van der Waals surface area contributed by atoms with Crippen molar-refractivity contribution >= 4 is 16.8 Å². The van der Waals surface area contributed by atoms with Crippen molar-refractivity contribution in [2.45, 2.75) is 0 Å². The van der Waals surface area contributed by atoms with Gasteiger partial charge in [0.25, 0.3) is 11.5 Å². The number of nitrogens with one attached hydrogen (secondary N) is 2. The van der Waals surface area contributed by atoms with Crippen molar-refractivity contribution in [1.29, 1.82) is 0 Å². The maximum atomic E-state index is 12.1. The first-order chi connectivity index (χ1) is 9.00. The van der Waals surface area contributed by atoms with Gasteiger partial charge in [-0.25, -0.2) is 0 Å². The molecular weight excluding hydrogens is 244 g/mol. The van der Waals surface area contributed by atoms with E-state index in [9.17, 15) is 9.59 Å². The summed E-state index contributed by atoms with van der Waals surface area (Å²) in [6, 6.07) is 1.75. The maximum absolute atomic E-state index is 12.1. The largest absolute Gasteiger partial charge is 0.357 e. The number of fused-ring (bicyclic) bond motifs is 1. The highest BCUT2D eigenvalue weighted by molar-refractivity contribution is 6.05. The Morgan fingerprint density at radius 3 is 2.89 bits per heavy atom. The summed E-state index contributed by atoms with van der Waals surface area (Å²) in [5, 5.41) is 3.51. The van der Waals surface area contributed by atoms with Gasteiger partial charge in [-0.3, -0.25) is 9.59 Å². The summed E-state index contributed by atoms with van der Waals surface area (Å²) in [4.78, 5) is 28.9. The molecule has 2 rings (SSSR count). The number of H-pyrrole nitrogens is 1. The highest BCUT2D eigenvalue weighted by Crippen LogP contribution is 2.13. The van der Waals surface area contributed by atoms with Crippen molar-refractivity contribution in [3.8, 4) is 0 Å². The lowest BCUT2D eigenvalue weighted by atomic mass is 10.1. The monoisotopic (exact) mass is 262 g/mol. The molecule has 19 heavy (non-hydrogen) atoms. The Hall–Kier alpha value is -2.08. The van der Waals surface area contributed by atoms with Crippen molar-refractivity contribution in [3.63, 3.8) is 0 Å². The van der Waals surface area contributed by atoms with E-state index in [4.69, 9.17) is 0 Å². The van der Waals surface area contributed by atoms with E-state index in [2.05, 4.69) is 10.3 Å². The summed E-state index contributed by atoms with van der Waals surface area (Å²) in [5.74, 6) is -0.165. The van der Waals surface area contributed by atoms with Crippen LogP contribution in [0.5, 0.6) is 0 Å². The third-order valence-electron chi connectivity index (χ3n) is 2.98. The van der Waals surface area contributed by atoms with E-state index in [-0.39, 0.29) is 11.5 Å². The van der Waals surface area contributed by atoms with Crippen molar-refractivity contribution < 1.29 is 4.79 Å². The Labute approximate surface area is 111 Å². The van der Waals surface area contributed by atoms with Crippen LogP contribution in [0.15, 0.2) is 23.3 Å². The average molecular weight is 262 g/mol. The third kappa shape index (κ3) is 2.68. The molecule has 6 nitrogen and oxygen atoms in total. The predicted octanol–water partition coefficient (Wildman–Crippen LogP) is 0.158. The second-order valence-electron chi connectivity index (χ2n) is 4.78. The van der Waals surface area contributed by atoms with Crippen LogP contribution in [0.2, 0.25) is 0 Å². The zero-order valence-corrected chi connectivity index (χ0v) is 11.4. The molecule has 2 N–H and O–H groups in total. The normalized spacial score (nSPS) is 11.2. The summed E-state index contributed by atoms with van der Waals surface area (Å²) in [7, 11) is 5.53. The summed E-state index contributed by atoms with van der Waals surface area (Å²) in [6.45, 7) is 1.34. The second-order valence-corrected chi connectivity index (χ2v) is 4.78. The maximum Gasteiger partial charge on any atom is 0.274 e. The molecule has 0 aliphatic heterocycles. The molecule has 0 saturated carbocycles. The van der Waals surface area contributed by atoms with Gasteiger partial charge in [-0.1, -0.05) is 0 Å². The van der Waals surface area contributed by atoms with Gasteiger partial charge in [0.15, 0.2) is 0 Å². The van der Waals surface area contributed by atoms with E-state index >= 15 is 0 Å². The number of hydrogen-bond donors (Lipinski definition) is 2. The minimum absolute atomic E-state index is 0.134. The van der Waals surface area contributed by atoms with Gasteiger partial charge < -0.3 is 19.8 Å². The SMILES string of the molecule is CN(C)CCNC(=O)c1cn(C)c(=O)c2[nH]ccc12. The van der Waals surface area contributed by atoms with Crippen molar-refractivity contribution in [3.05, 3.63) is 34.4 Å². The number of likely N-dealkylation sites (N-methyl/N-ethyl adjacent to an activating group) is 1. The molecule has 0 saturated heterocycles. The molecule has 1 amide bonds. The van der Waals surface area contributed by atoms with E-state index < -0.39 is 0 Å². The minimum Gasteiger partial charge on any atom is -0.357 e. The van der Waals surface area contributed by atoms with Crippen LogP contribution in [0.4, 0.5) is 0 Å². The second kappa shape index (κ2) is 5.27. The summed E-state index contributed by atoms with van der Waals surface area (Å²) < 4.78 is 1.42. The van der Waals surface area contributed by atoms with Gasteiger partial charge in [0, 0.05) is 37.9 Å². The molecular formula is C13H18N4O2. The molecule has 0 aromatic carbocycles. The van der Waals surface area contributed by atoms with E-state index in [1.165, 1.54) is 4.57 Å². The number of aromatic nitrogens is 2. The quantitative estimate of drug-likeness (QED) is 0.824. The number of nitrogens with zero attached hydrogens (tertiary/aromatic N) is 2. The first kappa shape index (κ1) is 13.4. The Morgan fingerprint density at radius 2 is 2.21 bits per heavy atom. The first-order valence-electron chi connectivity index (χ1n) is 6.10. The van der Waals surface area contributed by atoms with E-state index in [0.717, 1.165) is 6.54 Å². The number of aryl methyl sites for hydroxylation is 1. The number of carbonyl (C=O) groups excluding carboxylic acids is 1. The van der Waals surface area contributed by atoms with Crippen LogP contribution in [0.25, 0.3) is 10.9 Å². The Kier molecular flexibility index (Phi) is 3.71. The first-order valence-corrected chi connectivity index (χ1v) is 6.10. The Balaban J connectivity index is 2.29. The van der Waals surface area contributed by atoms with Crippen LogP contribution < -0.4 is 10.9 Å². The third-order valence-corrected chi connectivity index (χ3v) is 2.98. The van der Waals surface area contributed by atoms with E-state index in [0.29, 0.717) is 23.0 Å². The molecule has 0 bridgehead atoms. The molecule has 2 heterocycles. The number of amides is 1. The van der Waals surface area contributed by atoms with Gasteiger partial charge >= 0.3 is 0 Å². The van der Waals surface area contributed by atoms with Crippen LogP contribution in [-0.4, -0.2) is 47.5 Å². The fourth-order valence-corrected chi connectivity index (χ4v) is 1.94. The summed E-state index contributed by atoms with van der Waals surface area (Å²) in [6.07, 6.45) is 3.24. The number of rotatable bonds is 4. The van der Waals surface area contributed by atoms with Crippen LogP contribution in [0, 0.1) is 0 Å². The molecule has 2 aromatic rings. The van der Waals surface area contributed by atoms with Crippen molar-refractivity contribution in [1.82, 2.24) is 19.8 Å². The fourth-order valence-electron chi connectivity index (χ4n) is 1.94. The average Bonchev–Trinajstić information content (AvgIpc) is 2.82. The van der Waals surface area contributed by atoms with Gasteiger partial charge in [-0.05, 0) is 20.2 Å². The van der Waals surface area contributed by atoms with E-state index in [1.807, 2.05) is 19.0 Å². The van der Waals surface area contributed by atoms with Crippen LogP contribution in [0.3, 0.4) is 0 Å². The predicted molar refractivity (Wildman–Crippen MR) is 74.4 cm³/mol. The lowest BCUT2D eigenvalue weighted by molar-refractivity contribution is 0.0952. The zero-order valence-electron chi connectivity index (χ0n) is 11.4. The molecule has 0 spiro atoms. The fraction of sp³-hybridized carbons (Fsp3) is 0.385. The Morgan fingerprint density at radius 1 is 1.47 bits per heavy atom. The lowest BCUT2D eigenvalue weighted by Gasteiger charge is -2.11. The highest BCUT2D eigenvalue weighted by Gasteiger charge is 2.14. The smallest absolute Gasteiger partial charge is 0.274 e. The molecule has 0 fully saturated rings. The molecule has 0 radical (unpaired) electrons. The molecule has 0 atom stereocenters. The lowest BCUT2D eigenvalue weighted by Crippen LogP contribution is -2.32. The van der Waals surface area contributed by atoms with E-state index in [1.54, 1.807) is 25.5 Å². The highest BCUT2D eigenvalue weighted by atomic mass is 16.2. The topological polar surface area (TPSA) is 70.1 Å². The minimum atomic E-state index is -0.165. The van der Waals surface area contributed by atoms with Gasteiger partial charge in [0.05, 0.1) is 5.56 Å². The zero-order chi connectivity index (χ0) is 14.0. The van der Waals surface area contributed by atoms with Crippen LogP contribution in [0.1, 0.15) is 10.4 Å². The van der Waals surface area contributed by atoms with Gasteiger partial charge in [0.1, 0.15) is 5.52 Å². The van der Waals surface area contributed by atoms with Crippen LogP contribution in [-0.2, 0) is 7.05 Å². The number of carbonyl (C=O) groups is 1. The molecule has 102 valence electrons.